The minimum absolute atomic E-state index is 0.0534. The molecule has 2 heterocycles. The molecule has 0 unspecified atom stereocenters. The zero-order chi connectivity index (χ0) is 29.5. The van der Waals surface area contributed by atoms with Crippen molar-refractivity contribution in [3.8, 4) is 0 Å². The third kappa shape index (κ3) is 8.26. The highest BCUT2D eigenvalue weighted by molar-refractivity contribution is 7.92. The first-order valence-corrected chi connectivity index (χ1v) is 13.6. The Bertz CT molecular complexity index is 1470. The second-order valence-electron chi connectivity index (χ2n) is 8.47. The summed E-state index contributed by atoms with van der Waals surface area (Å²) in [6.07, 6.45) is -1.79. The van der Waals surface area contributed by atoms with E-state index in [9.17, 15) is 31.2 Å². The van der Waals surface area contributed by atoms with Crippen LogP contribution in [0.15, 0.2) is 48.8 Å². The van der Waals surface area contributed by atoms with Gasteiger partial charge in [-0.3, -0.25) is 13.9 Å². The van der Waals surface area contributed by atoms with Crippen molar-refractivity contribution in [2.24, 2.45) is 0 Å². The highest BCUT2D eigenvalue weighted by Crippen LogP contribution is 2.34. The number of amides is 2. The number of benzene rings is 1. The van der Waals surface area contributed by atoms with E-state index in [-0.39, 0.29) is 43.2 Å². The van der Waals surface area contributed by atoms with Crippen molar-refractivity contribution in [2.75, 3.05) is 41.3 Å². The van der Waals surface area contributed by atoms with Crippen LogP contribution in [-0.4, -0.2) is 61.6 Å². The number of carbonyl (C=O) groups is 2. The predicted octanol–water partition coefficient (Wildman–Crippen LogP) is 2.51. The maximum atomic E-state index is 13.7. The molecule has 1 aromatic carbocycles. The average molecular weight is 581 g/mol. The Morgan fingerprint density at radius 1 is 1.02 bits per heavy atom. The first-order chi connectivity index (χ1) is 18.8. The maximum absolute atomic E-state index is 13.7. The Morgan fingerprint density at radius 3 is 2.33 bits per heavy atom. The van der Waals surface area contributed by atoms with Gasteiger partial charge in [0.25, 0.3) is 5.91 Å². The minimum atomic E-state index is -4.77. The summed E-state index contributed by atoms with van der Waals surface area (Å²) in [6, 6.07) is 9.12. The predicted molar refractivity (Wildman–Crippen MR) is 143 cm³/mol. The number of anilines is 4. The Labute approximate surface area is 228 Å². The van der Waals surface area contributed by atoms with Gasteiger partial charge < -0.3 is 21.3 Å². The third-order valence-corrected chi connectivity index (χ3v) is 6.56. The Morgan fingerprint density at radius 2 is 1.70 bits per heavy atom. The Kier molecular flexibility index (Phi) is 9.47. The lowest BCUT2D eigenvalue weighted by molar-refractivity contribution is -0.137. The molecule has 0 fully saturated rings. The topological polar surface area (TPSA) is 158 Å². The van der Waals surface area contributed by atoms with Crippen LogP contribution in [0.4, 0.5) is 36.4 Å². The van der Waals surface area contributed by atoms with Crippen molar-refractivity contribution in [3.63, 3.8) is 0 Å². The van der Waals surface area contributed by atoms with E-state index in [1.54, 1.807) is 0 Å². The van der Waals surface area contributed by atoms with Crippen LogP contribution in [0.3, 0.4) is 0 Å². The summed E-state index contributed by atoms with van der Waals surface area (Å²) in [7, 11) is -2.38. The summed E-state index contributed by atoms with van der Waals surface area (Å²) in [4.78, 5) is 34.9. The van der Waals surface area contributed by atoms with Gasteiger partial charge in [0.15, 0.2) is 0 Å². The molecule has 0 aliphatic carbocycles. The molecule has 0 aliphatic rings. The lowest BCUT2D eigenvalue weighted by Gasteiger charge is -2.20. The molecule has 0 bridgehead atoms. The number of carbonyl (C=O) groups excluding carboxylic acids is 2. The molecular formula is C24H27F3N8O4S. The van der Waals surface area contributed by atoms with Crippen LogP contribution in [0.25, 0.3) is 0 Å². The molecule has 0 saturated heterocycles. The van der Waals surface area contributed by atoms with Crippen LogP contribution >= 0.6 is 0 Å². The lowest BCUT2D eigenvalue weighted by atomic mass is 10.2. The fraction of sp³-hybridized carbons (Fsp3) is 0.292. The standard InChI is InChI=1S/C24H27F3N8O4S/c1-15(36)28-11-12-30-22(37)16-6-8-18(9-7-16)33-23-32-14-19(24(25,26)27)20(34-23)31-13-17-5-4-10-29-21(17)35(2)40(3,38)39/h4-10,14H,11-13H2,1-3H3,(H,28,36)(H,30,37)(H2,31,32,33,34). The van der Waals surface area contributed by atoms with Crippen LogP contribution in [0.5, 0.6) is 0 Å². The second-order valence-corrected chi connectivity index (χ2v) is 10.5. The molecule has 4 N–H and O–H groups in total. The van der Waals surface area contributed by atoms with Crippen molar-refractivity contribution in [2.45, 2.75) is 19.6 Å². The molecule has 3 aromatic rings. The second kappa shape index (κ2) is 12.6. The van der Waals surface area contributed by atoms with Crippen molar-refractivity contribution in [1.82, 2.24) is 25.6 Å². The van der Waals surface area contributed by atoms with Crippen molar-refractivity contribution >= 4 is 45.1 Å². The normalized spacial score (nSPS) is 11.4. The van der Waals surface area contributed by atoms with Gasteiger partial charge in [-0.25, -0.2) is 18.4 Å². The summed E-state index contributed by atoms with van der Waals surface area (Å²) >= 11 is 0. The third-order valence-electron chi connectivity index (χ3n) is 5.39. The molecule has 0 radical (unpaired) electrons. The number of aromatic nitrogens is 3. The van der Waals surface area contributed by atoms with Crippen LogP contribution in [0.1, 0.15) is 28.4 Å². The summed E-state index contributed by atoms with van der Waals surface area (Å²) in [5.74, 6) is -1.21. The average Bonchev–Trinajstić information content (AvgIpc) is 2.89. The highest BCUT2D eigenvalue weighted by atomic mass is 32.2. The molecule has 214 valence electrons. The van der Waals surface area contributed by atoms with E-state index < -0.39 is 27.6 Å². The van der Waals surface area contributed by atoms with Crippen molar-refractivity contribution < 1.29 is 31.2 Å². The lowest BCUT2D eigenvalue weighted by Crippen LogP contribution is -2.33. The van der Waals surface area contributed by atoms with E-state index >= 15 is 0 Å². The molecule has 3 rings (SSSR count). The molecule has 12 nitrogen and oxygen atoms in total. The van der Waals surface area contributed by atoms with Gasteiger partial charge in [-0.2, -0.15) is 18.2 Å². The zero-order valence-electron chi connectivity index (χ0n) is 21.7. The van der Waals surface area contributed by atoms with Crippen LogP contribution in [0, 0.1) is 0 Å². The van der Waals surface area contributed by atoms with E-state index in [0.717, 1.165) is 10.6 Å². The number of halogens is 3. The minimum Gasteiger partial charge on any atom is -0.365 e. The monoisotopic (exact) mass is 580 g/mol. The molecule has 40 heavy (non-hydrogen) atoms. The van der Waals surface area contributed by atoms with E-state index in [1.165, 1.54) is 56.6 Å². The molecule has 0 aliphatic heterocycles. The van der Waals surface area contributed by atoms with Gasteiger partial charge in [-0.15, -0.1) is 0 Å². The van der Waals surface area contributed by atoms with Gasteiger partial charge >= 0.3 is 6.18 Å². The van der Waals surface area contributed by atoms with Crippen molar-refractivity contribution in [1.29, 1.82) is 0 Å². The quantitative estimate of drug-likeness (QED) is 0.250. The summed E-state index contributed by atoms with van der Waals surface area (Å²) in [5.41, 5.74) is -0.0610. The van der Waals surface area contributed by atoms with E-state index in [1.807, 2.05) is 0 Å². The number of sulfonamides is 1. The van der Waals surface area contributed by atoms with Crippen LogP contribution in [-0.2, 0) is 27.5 Å². The molecule has 0 saturated carbocycles. The fourth-order valence-corrected chi connectivity index (χ4v) is 3.80. The summed E-state index contributed by atoms with van der Waals surface area (Å²) in [5, 5.41) is 10.6. The summed E-state index contributed by atoms with van der Waals surface area (Å²) < 4.78 is 65.8. The molecule has 2 aromatic heterocycles. The Balaban J connectivity index is 1.76. The number of nitrogens with one attached hydrogen (secondary N) is 4. The highest BCUT2D eigenvalue weighted by Gasteiger charge is 2.35. The maximum Gasteiger partial charge on any atom is 0.421 e. The zero-order valence-corrected chi connectivity index (χ0v) is 22.5. The largest absolute Gasteiger partial charge is 0.421 e. The number of nitrogens with zero attached hydrogens (tertiary/aromatic N) is 4. The molecule has 16 heteroatoms. The first kappa shape index (κ1) is 30.1. The van der Waals surface area contributed by atoms with Gasteiger partial charge in [0.1, 0.15) is 17.2 Å². The number of pyridine rings is 1. The summed E-state index contributed by atoms with van der Waals surface area (Å²) in [6.45, 7) is 1.66. The van der Waals surface area contributed by atoms with Crippen LogP contribution < -0.4 is 25.6 Å². The SMILES string of the molecule is CC(=O)NCCNC(=O)c1ccc(Nc2ncc(C(F)(F)F)c(NCc3cccnc3N(C)S(C)(=O)=O)n2)cc1. The smallest absolute Gasteiger partial charge is 0.365 e. The Hall–Kier alpha value is -4.47. The van der Waals surface area contributed by atoms with E-state index in [4.69, 9.17) is 0 Å². The van der Waals surface area contributed by atoms with Gasteiger partial charge in [-0.05, 0) is 30.3 Å². The van der Waals surface area contributed by atoms with Gasteiger partial charge in [0.05, 0.1) is 6.26 Å². The number of hydrogen-bond acceptors (Lipinski definition) is 9. The van der Waals surface area contributed by atoms with E-state index in [0.29, 0.717) is 23.0 Å². The number of hydrogen-bond donors (Lipinski definition) is 4. The van der Waals surface area contributed by atoms with Gasteiger partial charge in [0, 0.05) is 62.8 Å². The molecule has 0 spiro atoms. The fourth-order valence-electron chi connectivity index (χ4n) is 3.32. The molecule has 0 atom stereocenters. The van der Waals surface area contributed by atoms with Gasteiger partial charge in [0.2, 0.25) is 21.9 Å². The van der Waals surface area contributed by atoms with Crippen molar-refractivity contribution in [3.05, 3.63) is 65.5 Å². The van der Waals surface area contributed by atoms with Crippen LogP contribution in [0.2, 0.25) is 0 Å². The molecule has 2 amide bonds. The number of alkyl halides is 3. The van der Waals surface area contributed by atoms with Gasteiger partial charge in [-0.1, -0.05) is 6.07 Å². The van der Waals surface area contributed by atoms with E-state index in [2.05, 4.69) is 36.2 Å². The molecular weight excluding hydrogens is 553 g/mol. The number of rotatable bonds is 11. The first-order valence-electron chi connectivity index (χ1n) is 11.7.